The van der Waals surface area contributed by atoms with Crippen LogP contribution in [-0.2, 0) is 14.2 Å². The molecule has 1 aliphatic rings. The van der Waals surface area contributed by atoms with Gasteiger partial charge in [0, 0.05) is 32.7 Å². The average Bonchev–Trinajstić information content (AvgIpc) is 2.78. The van der Waals surface area contributed by atoms with Crippen LogP contribution in [0.25, 0.3) is 0 Å². The summed E-state index contributed by atoms with van der Waals surface area (Å²) >= 11 is 0. The van der Waals surface area contributed by atoms with Gasteiger partial charge in [0.2, 0.25) is 0 Å². The third-order valence-corrected chi connectivity index (χ3v) is 3.80. The summed E-state index contributed by atoms with van der Waals surface area (Å²) in [5, 5.41) is 23.1. The number of ether oxygens (including phenoxy) is 3. The maximum atomic E-state index is 10.3. The first-order chi connectivity index (χ1) is 10.1. The second kappa shape index (κ2) is 10.5. The lowest BCUT2D eigenvalue weighted by Crippen LogP contribution is -2.47. The van der Waals surface area contributed by atoms with Crippen LogP contribution in [0.5, 0.6) is 0 Å². The molecule has 21 heavy (non-hydrogen) atoms. The fraction of sp³-hybridized carbons (Fsp3) is 1.00. The summed E-state index contributed by atoms with van der Waals surface area (Å²) in [6.45, 7) is 7.49. The van der Waals surface area contributed by atoms with Gasteiger partial charge in [-0.2, -0.15) is 0 Å². The molecule has 0 aliphatic carbocycles. The van der Waals surface area contributed by atoms with E-state index in [-0.39, 0.29) is 12.7 Å². The molecule has 1 aliphatic heterocycles. The molecule has 0 spiro atoms. The van der Waals surface area contributed by atoms with Crippen molar-refractivity contribution in [3.63, 3.8) is 0 Å². The molecule has 6 heteroatoms. The molecule has 0 aromatic heterocycles. The van der Waals surface area contributed by atoms with Gasteiger partial charge in [-0.3, -0.25) is 0 Å². The zero-order valence-electron chi connectivity index (χ0n) is 13.3. The Morgan fingerprint density at radius 2 is 2.10 bits per heavy atom. The van der Waals surface area contributed by atoms with Gasteiger partial charge < -0.3 is 29.7 Å². The monoisotopic (exact) mass is 305 g/mol. The van der Waals surface area contributed by atoms with Gasteiger partial charge in [0.05, 0.1) is 32.0 Å². The van der Waals surface area contributed by atoms with Crippen LogP contribution in [0.4, 0.5) is 0 Å². The predicted octanol–water partition coefficient (Wildman–Crippen LogP) is 0.310. The topological polar surface area (TPSA) is 80.2 Å². The molecule has 3 unspecified atom stereocenters. The largest absolute Gasteiger partial charge is 0.389 e. The van der Waals surface area contributed by atoms with Crippen molar-refractivity contribution >= 4 is 0 Å². The minimum absolute atomic E-state index is 0.168. The van der Waals surface area contributed by atoms with Crippen molar-refractivity contribution in [2.45, 2.75) is 50.9 Å². The van der Waals surface area contributed by atoms with E-state index in [1.807, 2.05) is 6.92 Å². The molecule has 0 aromatic carbocycles. The normalized spacial score (nSPS) is 27.1. The van der Waals surface area contributed by atoms with Crippen LogP contribution >= 0.6 is 0 Å². The van der Waals surface area contributed by atoms with Gasteiger partial charge in [0.1, 0.15) is 5.60 Å². The van der Waals surface area contributed by atoms with E-state index in [1.165, 1.54) is 0 Å². The second-order valence-electron chi connectivity index (χ2n) is 5.69. The number of aliphatic hydroxyl groups is 2. The van der Waals surface area contributed by atoms with Gasteiger partial charge >= 0.3 is 0 Å². The van der Waals surface area contributed by atoms with Crippen LogP contribution in [0.2, 0.25) is 0 Å². The molecule has 1 saturated heterocycles. The zero-order chi connectivity index (χ0) is 15.6. The summed E-state index contributed by atoms with van der Waals surface area (Å²) in [6, 6.07) is 0. The molecule has 3 atom stereocenters. The fourth-order valence-corrected chi connectivity index (χ4v) is 2.20. The van der Waals surface area contributed by atoms with Gasteiger partial charge in [0.15, 0.2) is 0 Å². The van der Waals surface area contributed by atoms with Crippen molar-refractivity contribution in [2.24, 2.45) is 0 Å². The number of hydrogen-bond donors (Lipinski definition) is 3. The summed E-state index contributed by atoms with van der Waals surface area (Å²) < 4.78 is 16.1. The second-order valence-corrected chi connectivity index (χ2v) is 5.69. The van der Waals surface area contributed by atoms with E-state index in [0.717, 1.165) is 19.4 Å². The van der Waals surface area contributed by atoms with Crippen molar-refractivity contribution in [3.05, 3.63) is 0 Å². The molecular formula is C15H31NO5. The Bertz CT molecular complexity index is 266. The van der Waals surface area contributed by atoms with Crippen LogP contribution < -0.4 is 5.32 Å². The van der Waals surface area contributed by atoms with E-state index in [9.17, 15) is 10.2 Å². The van der Waals surface area contributed by atoms with Crippen LogP contribution in [-0.4, -0.2) is 74.1 Å². The number of rotatable bonds is 12. The summed E-state index contributed by atoms with van der Waals surface area (Å²) in [7, 11) is 0. The van der Waals surface area contributed by atoms with Crippen molar-refractivity contribution in [1.82, 2.24) is 5.32 Å². The summed E-state index contributed by atoms with van der Waals surface area (Å²) in [5.74, 6) is 0. The Labute approximate surface area is 127 Å². The van der Waals surface area contributed by atoms with E-state index in [0.29, 0.717) is 39.3 Å². The highest BCUT2D eigenvalue weighted by Gasteiger charge is 2.39. The van der Waals surface area contributed by atoms with Crippen LogP contribution in [0, 0.1) is 0 Å². The number of aliphatic hydroxyl groups excluding tert-OH is 1. The predicted molar refractivity (Wildman–Crippen MR) is 80.4 cm³/mol. The highest BCUT2D eigenvalue weighted by atomic mass is 16.5. The fourth-order valence-electron chi connectivity index (χ4n) is 2.20. The first-order valence-electron chi connectivity index (χ1n) is 7.96. The maximum absolute atomic E-state index is 10.3. The summed E-state index contributed by atoms with van der Waals surface area (Å²) in [6.07, 6.45) is 2.07. The van der Waals surface area contributed by atoms with E-state index in [2.05, 4.69) is 12.2 Å². The third-order valence-electron chi connectivity index (χ3n) is 3.80. The van der Waals surface area contributed by atoms with E-state index in [4.69, 9.17) is 14.2 Å². The Morgan fingerprint density at radius 3 is 2.76 bits per heavy atom. The molecule has 0 amide bonds. The molecule has 126 valence electrons. The van der Waals surface area contributed by atoms with Crippen molar-refractivity contribution in [1.29, 1.82) is 0 Å². The Kier molecular flexibility index (Phi) is 9.39. The summed E-state index contributed by atoms with van der Waals surface area (Å²) in [4.78, 5) is 0. The number of hydrogen-bond acceptors (Lipinski definition) is 6. The number of unbranched alkanes of at least 4 members (excludes halogenated alkanes) is 1. The molecule has 6 nitrogen and oxygen atoms in total. The molecule has 0 radical (unpaired) electrons. The van der Waals surface area contributed by atoms with E-state index in [1.54, 1.807) is 0 Å². The Hall–Kier alpha value is -0.240. The lowest BCUT2D eigenvalue weighted by molar-refractivity contribution is -0.0305. The maximum Gasteiger partial charge on any atom is 0.105 e. The minimum atomic E-state index is -0.826. The summed E-state index contributed by atoms with van der Waals surface area (Å²) in [5.41, 5.74) is -0.826. The van der Waals surface area contributed by atoms with Gasteiger partial charge in [-0.05, 0) is 13.3 Å². The molecule has 0 saturated carbocycles. The standard InChI is InChI=1S/C15H31NO5/c1-3-4-6-19-8-9-20-11-14(17)10-16-12-15(18)5-7-21-13(15)2/h13-14,16-18H,3-12H2,1-2H3. The minimum Gasteiger partial charge on any atom is -0.389 e. The van der Waals surface area contributed by atoms with Crippen molar-refractivity contribution in [3.8, 4) is 0 Å². The molecular weight excluding hydrogens is 274 g/mol. The first kappa shape index (κ1) is 18.8. The molecule has 0 bridgehead atoms. The lowest BCUT2D eigenvalue weighted by Gasteiger charge is -2.26. The van der Waals surface area contributed by atoms with Crippen molar-refractivity contribution in [2.75, 3.05) is 46.1 Å². The van der Waals surface area contributed by atoms with Crippen molar-refractivity contribution < 1.29 is 24.4 Å². The highest BCUT2D eigenvalue weighted by molar-refractivity contribution is 4.91. The average molecular weight is 305 g/mol. The molecule has 3 N–H and O–H groups in total. The van der Waals surface area contributed by atoms with Gasteiger partial charge in [0.25, 0.3) is 0 Å². The molecule has 1 rings (SSSR count). The number of nitrogens with one attached hydrogen (secondary N) is 1. The molecule has 0 aromatic rings. The van der Waals surface area contributed by atoms with Crippen LogP contribution in [0.3, 0.4) is 0 Å². The van der Waals surface area contributed by atoms with Crippen LogP contribution in [0.15, 0.2) is 0 Å². The lowest BCUT2D eigenvalue weighted by atomic mass is 9.97. The van der Waals surface area contributed by atoms with E-state index < -0.39 is 11.7 Å². The SMILES string of the molecule is CCCCOCCOCC(O)CNCC1(O)CCOC1C. The quantitative estimate of drug-likeness (QED) is 0.450. The van der Waals surface area contributed by atoms with E-state index >= 15 is 0 Å². The highest BCUT2D eigenvalue weighted by Crippen LogP contribution is 2.24. The van der Waals surface area contributed by atoms with Crippen LogP contribution in [0.1, 0.15) is 33.1 Å². The Balaban J connectivity index is 1.95. The van der Waals surface area contributed by atoms with Gasteiger partial charge in [-0.25, -0.2) is 0 Å². The van der Waals surface area contributed by atoms with Gasteiger partial charge in [-0.15, -0.1) is 0 Å². The first-order valence-corrected chi connectivity index (χ1v) is 7.96. The third kappa shape index (κ3) is 7.54. The zero-order valence-corrected chi connectivity index (χ0v) is 13.3. The van der Waals surface area contributed by atoms with Gasteiger partial charge in [-0.1, -0.05) is 13.3 Å². The Morgan fingerprint density at radius 1 is 1.33 bits per heavy atom. The molecule has 1 heterocycles. The smallest absolute Gasteiger partial charge is 0.105 e. The molecule has 1 fully saturated rings.